The molecule has 0 bridgehead atoms. The summed E-state index contributed by atoms with van der Waals surface area (Å²) in [5.74, 6) is 2.41. The molecule has 0 aromatic heterocycles. The van der Waals surface area contributed by atoms with E-state index in [9.17, 15) is 0 Å². The first-order valence-corrected chi connectivity index (χ1v) is 4.30. The molecule has 46 valence electrons. The molecular weight excluding hydrogens is 138 g/mol. The third-order valence-electron chi connectivity index (χ3n) is 1.04. The zero-order chi connectivity index (χ0) is 5.82. The second kappa shape index (κ2) is 3.30. The molecule has 0 saturated carbocycles. The summed E-state index contributed by atoms with van der Waals surface area (Å²) in [5.41, 5.74) is 0. The molecule has 1 aliphatic rings. The molecule has 0 atom stereocenters. The quantitative estimate of drug-likeness (QED) is 0.514. The van der Waals surface area contributed by atoms with Crippen LogP contribution in [0.15, 0.2) is 0 Å². The Morgan fingerprint density at radius 2 is 2.38 bits per heavy atom. The van der Waals surface area contributed by atoms with Crippen molar-refractivity contribution >= 4 is 29.0 Å². The Morgan fingerprint density at radius 1 is 1.50 bits per heavy atom. The van der Waals surface area contributed by atoms with E-state index in [1.165, 1.54) is 11.5 Å². The molecule has 1 nitrogen and oxygen atoms in total. The first kappa shape index (κ1) is 6.36. The van der Waals surface area contributed by atoms with Crippen molar-refractivity contribution in [1.82, 2.24) is 5.32 Å². The van der Waals surface area contributed by atoms with Crippen LogP contribution in [0.2, 0.25) is 0 Å². The molecule has 1 rings (SSSR count). The van der Waals surface area contributed by atoms with Gasteiger partial charge in [-0.05, 0) is 5.75 Å². The van der Waals surface area contributed by atoms with Crippen LogP contribution in [0.3, 0.4) is 0 Å². The molecule has 1 heterocycles. The summed E-state index contributed by atoms with van der Waals surface area (Å²) in [7, 11) is 0. The summed E-state index contributed by atoms with van der Waals surface area (Å²) in [4.78, 5) is 1.04. The van der Waals surface area contributed by atoms with Crippen LogP contribution >= 0.6 is 24.0 Å². The highest BCUT2D eigenvalue weighted by Crippen LogP contribution is 2.04. The fourth-order valence-electron chi connectivity index (χ4n) is 0.618. The van der Waals surface area contributed by atoms with Crippen molar-refractivity contribution in [3.05, 3.63) is 0 Å². The predicted octanol–water partition coefficient (Wildman–Crippen LogP) is 1.04. The molecule has 0 aromatic rings. The monoisotopic (exact) mass is 147 g/mol. The molecule has 0 radical (unpaired) electrons. The molecule has 8 heavy (non-hydrogen) atoms. The van der Waals surface area contributed by atoms with Crippen molar-refractivity contribution in [1.29, 1.82) is 0 Å². The first-order chi connectivity index (χ1) is 3.89. The molecule has 0 aromatic carbocycles. The smallest absolute Gasteiger partial charge is 0.0761 e. The van der Waals surface area contributed by atoms with Crippen LogP contribution in [0, 0.1) is 0 Å². The van der Waals surface area contributed by atoms with E-state index in [2.05, 4.69) is 5.32 Å². The highest BCUT2D eigenvalue weighted by atomic mass is 32.2. The highest BCUT2D eigenvalue weighted by Gasteiger charge is 2.00. The van der Waals surface area contributed by atoms with Gasteiger partial charge in [0.05, 0.1) is 4.99 Å². The Balaban J connectivity index is 2.27. The average Bonchev–Trinajstić information content (AvgIpc) is 1.94. The Morgan fingerprint density at radius 3 is 3.25 bits per heavy atom. The molecule has 0 spiro atoms. The van der Waals surface area contributed by atoms with Crippen molar-refractivity contribution in [3.63, 3.8) is 0 Å². The second-order valence-electron chi connectivity index (χ2n) is 1.71. The summed E-state index contributed by atoms with van der Waals surface area (Å²) in [6.07, 6.45) is 1.07. The largest absolute Gasteiger partial charge is 0.379 e. The van der Waals surface area contributed by atoms with Crippen molar-refractivity contribution in [2.24, 2.45) is 0 Å². The maximum atomic E-state index is 4.97. The lowest BCUT2D eigenvalue weighted by molar-refractivity contribution is 0.984. The molecule has 0 amide bonds. The Hall–Kier alpha value is 0.240. The van der Waals surface area contributed by atoms with Gasteiger partial charge < -0.3 is 5.32 Å². The number of thiocarbonyl (C=S) groups is 1. The first-order valence-electron chi connectivity index (χ1n) is 2.74. The summed E-state index contributed by atoms with van der Waals surface area (Å²) >= 11 is 6.94. The summed E-state index contributed by atoms with van der Waals surface area (Å²) in [6, 6.07) is 0. The third-order valence-corrected chi connectivity index (χ3v) is 2.38. The van der Waals surface area contributed by atoms with Gasteiger partial charge in [-0.25, -0.2) is 0 Å². The van der Waals surface area contributed by atoms with Gasteiger partial charge in [0.15, 0.2) is 0 Å². The number of thioether (sulfide) groups is 1. The fraction of sp³-hybridized carbons (Fsp3) is 0.800. The number of hydrogen-bond donors (Lipinski definition) is 1. The SMILES string of the molecule is S=C1CCSCCN1. The van der Waals surface area contributed by atoms with Crippen molar-refractivity contribution in [3.8, 4) is 0 Å². The van der Waals surface area contributed by atoms with E-state index in [1.807, 2.05) is 11.8 Å². The summed E-state index contributed by atoms with van der Waals surface area (Å²) < 4.78 is 0. The van der Waals surface area contributed by atoms with Gasteiger partial charge in [0.25, 0.3) is 0 Å². The molecule has 1 N–H and O–H groups in total. The normalized spacial score (nSPS) is 21.8. The topological polar surface area (TPSA) is 12.0 Å². The van der Waals surface area contributed by atoms with Gasteiger partial charge in [-0.1, -0.05) is 12.2 Å². The lowest BCUT2D eigenvalue weighted by atomic mass is 10.5. The van der Waals surface area contributed by atoms with E-state index in [1.54, 1.807) is 0 Å². The minimum absolute atomic E-state index is 1.04. The van der Waals surface area contributed by atoms with Gasteiger partial charge in [-0.3, -0.25) is 0 Å². The number of rotatable bonds is 0. The van der Waals surface area contributed by atoms with E-state index >= 15 is 0 Å². The van der Waals surface area contributed by atoms with Crippen molar-refractivity contribution < 1.29 is 0 Å². The van der Waals surface area contributed by atoms with Crippen LogP contribution in [0.25, 0.3) is 0 Å². The van der Waals surface area contributed by atoms with Crippen LogP contribution in [0.4, 0.5) is 0 Å². The Kier molecular flexibility index (Phi) is 2.63. The van der Waals surface area contributed by atoms with Crippen LogP contribution in [0.5, 0.6) is 0 Å². The standard InChI is InChI=1S/C5H9NS2/c7-5-1-3-8-4-2-6-5/h1-4H2,(H,6,7). The maximum absolute atomic E-state index is 4.97. The van der Waals surface area contributed by atoms with Crippen LogP contribution < -0.4 is 5.32 Å². The summed E-state index contributed by atoms with van der Waals surface area (Å²) in [5, 5.41) is 3.16. The predicted molar refractivity (Wildman–Crippen MR) is 42.5 cm³/mol. The van der Waals surface area contributed by atoms with E-state index < -0.39 is 0 Å². The zero-order valence-corrected chi connectivity index (χ0v) is 6.28. The maximum Gasteiger partial charge on any atom is 0.0761 e. The third kappa shape index (κ3) is 2.01. The minimum atomic E-state index is 1.04. The molecule has 0 unspecified atom stereocenters. The second-order valence-corrected chi connectivity index (χ2v) is 3.43. The van der Waals surface area contributed by atoms with Gasteiger partial charge in [-0.2, -0.15) is 11.8 Å². The Labute approximate surface area is 59.2 Å². The van der Waals surface area contributed by atoms with Gasteiger partial charge in [0.2, 0.25) is 0 Å². The van der Waals surface area contributed by atoms with E-state index in [4.69, 9.17) is 12.2 Å². The molecule has 3 heteroatoms. The lowest BCUT2D eigenvalue weighted by Gasteiger charge is -1.97. The van der Waals surface area contributed by atoms with Gasteiger partial charge in [-0.15, -0.1) is 0 Å². The molecule has 1 fully saturated rings. The molecule has 0 aliphatic carbocycles. The van der Waals surface area contributed by atoms with Crippen LogP contribution in [-0.4, -0.2) is 23.0 Å². The van der Waals surface area contributed by atoms with Crippen LogP contribution in [-0.2, 0) is 0 Å². The zero-order valence-electron chi connectivity index (χ0n) is 4.64. The van der Waals surface area contributed by atoms with Gasteiger partial charge in [0, 0.05) is 18.7 Å². The van der Waals surface area contributed by atoms with Gasteiger partial charge in [0.1, 0.15) is 0 Å². The number of hydrogen-bond acceptors (Lipinski definition) is 2. The lowest BCUT2D eigenvalue weighted by Crippen LogP contribution is -2.21. The van der Waals surface area contributed by atoms with E-state index in [0.29, 0.717) is 0 Å². The minimum Gasteiger partial charge on any atom is -0.379 e. The van der Waals surface area contributed by atoms with Crippen molar-refractivity contribution in [2.75, 3.05) is 18.1 Å². The highest BCUT2D eigenvalue weighted by molar-refractivity contribution is 7.99. The molecular formula is C5H9NS2. The van der Waals surface area contributed by atoms with E-state index in [-0.39, 0.29) is 0 Å². The molecule has 1 aliphatic heterocycles. The average molecular weight is 147 g/mol. The van der Waals surface area contributed by atoms with Gasteiger partial charge >= 0.3 is 0 Å². The molecule has 1 saturated heterocycles. The number of nitrogens with one attached hydrogen (secondary N) is 1. The fourth-order valence-corrected chi connectivity index (χ4v) is 1.75. The van der Waals surface area contributed by atoms with Crippen molar-refractivity contribution in [2.45, 2.75) is 6.42 Å². The Bertz CT molecular complexity index is 82.4. The summed E-state index contributed by atoms with van der Waals surface area (Å²) in [6.45, 7) is 1.06. The van der Waals surface area contributed by atoms with Crippen LogP contribution in [0.1, 0.15) is 6.42 Å². The van der Waals surface area contributed by atoms with E-state index in [0.717, 1.165) is 18.0 Å².